The lowest BCUT2D eigenvalue weighted by Crippen LogP contribution is -2.26. The predicted octanol–water partition coefficient (Wildman–Crippen LogP) is 2.45. The number of benzene rings is 1. The van der Waals surface area contributed by atoms with E-state index in [1.165, 1.54) is 12.1 Å². The SMILES string of the molecule is O=S1(=O)NC(=NCCCN(Cc2ccc(F)cc2)c2ccccn2)C(=NCc2ccncc2)N1. The van der Waals surface area contributed by atoms with E-state index >= 15 is 0 Å². The maximum absolute atomic E-state index is 13.3. The average molecular weight is 482 g/mol. The number of halogens is 1. The highest BCUT2D eigenvalue weighted by molar-refractivity contribution is 7.89. The molecule has 0 radical (unpaired) electrons. The van der Waals surface area contributed by atoms with Crippen molar-refractivity contribution < 1.29 is 12.8 Å². The van der Waals surface area contributed by atoms with Gasteiger partial charge in [0.05, 0.1) is 6.54 Å². The molecule has 3 aromatic rings. The molecule has 9 nitrogen and oxygen atoms in total. The molecule has 0 unspecified atom stereocenters. The van der Waals surface area contributed by atoms with Gasteiger partial charge >= 0.3 is 10.2 Å². The highest BCUT2D eigenvalue weighted by Crippen LogP contribution is 2.15. The molecule has 1 aromatic carbocycles. The Bertz CT molecular complexity index is 1250. The van der Waals surface area contributed by atoms with Gasteiger partial charge in [-0.15, -0.1) is 0 Å². The molecule has 3 heterocycles. The molecule has 0 bridgehead atoms. The highest BCUT2D eigenvalue weighted by atomic mass is 32.2. The van der Waals surface area contributed by atoms with Crippen LogP contribution in [0.5, 0.6) is 0 Å². The minimum atomic E-state index is -3.71. The van der Waals surface area contributed by atoms with Crippen LogP contribution in [0.1, 0.15) is 17.5 Å². The second-order valence-electron chi connectivity index (χ2n) is 7.55. The summed E-state index contributed by atoms with van der Waals surface area (Å²) in [6.07, 6.45) is 5.67. The van der Waals surface area contributed by atoms with E-state index in [0.717, 1.165) is 16.9 Å². The van der Waals surface area contributed by atoms with Crippen molar-refractivity contribution in [1.82, 2.24) is 19.4 Å². The predicted molar refractivity (Wildman–Crippen MR) is 129 cm³/mol. The number of rotatable bonds is 9. The van der Waals surface area contributed by atoms with Gasteiger partial charge in [-0.05, 0) is 53.9 Å². The summed E-state index contributed by atoms with van der Waals surface area (Å²) in [6, 6.07) is 15.6. The Morgan fingerprint density at radius 1 is 0.882 bits per heavy atom. The summed E-state index contributed by atoms with van der Waals surface area (Å²) in [5.41, 5.74) is 1.86. The van der Waals surface area contributed by atoms with Crippen LogP contribution in [0.3, 0.4) is 0 Å². The third-order valence-corrected chi connectivity index (χ3v) is 5.90. The molecule has 11 heteroatoms. The Hall–Kier alpha value is -3.86. The highest BCUT2D eigenvalue weighted by Gasteiger charge is 2.28. The van der Waals surface area contributed by atoms with Gasteiger partial charge in [-0.1, -0.05) is 18.2 Å². The number of hydrogen-bond acceptors (Lipinski definition) is 7. The van der Waals surface area contributed by atoms with Crippen LogP contribution < -0.4 is 14.3 Å². The summed E-state index contributed by atoms with van der Waals surface area (Å²) < 4.78 is 42.0. The van der Waals surface area contributed by atoms with Crippen LogP contribution in [0.15, 0.2) is 83.2 Å². The molecule has 176 valence electrons. The van der Waals surface area contributed by atoms with Crippen LogP contribution in [-0.2, 0) is 23.3 Å². The molecule has 1 aliphatic heterocycles. The fourth-order valence-corrected chi connectivity index (χ4v) is 4.21. The van der Waals surface area contributed by atoms with E-state index in [4.69, 9.17) is 0 Å². The number of aliphatic imine (C=N–C) groups is 2. The number of aromatic nitrogens is 2. The normalized spacial score (nSPS) is 16.9. The van der Waals surface area contributed by atoms with Crippen molar-refractivity contribution in [3.63, 3.8) is 0 Å². The molecular formula is C23H24FN7O2S. The monoisotopic (exact) mass is 481 g/mol. The third kappa shape index (κ3) is 6.58. The molecular weight excluding hydrogens is 457 g/mol. The largest absolute Gasteiger partial charge is 0.352 e. The van der Waals surface area contributed by atoms with Gasteiger partial charge in [-0.25, -0.2) is 18.8 Å². The van der Waals surface area contributed by atoms with Gasteiger partial charge in [-0.3, -0.25) is 15.0 Å². The minimum Gasteiger partial charge on any atom is -0.352 e. The van der Waals surface area contributed by atoms with Crippen LogP contribution in [0.2, 0.25) is 0 Å². The van der Waals surface area contributed by atoms with E-state index in [-0.39, 0.29) is 17.5 Å². The second kappa shape index (κ2) is 10.8. The molecule has 0 saturated carbocycles. The number of amidine groups is 2. The van der Waals surface area contributed by atoms with E-state index in [9.17, 15) is 12.8 Å². The van der Waals surface area contributed by atoms with Crippen molar-refractivity contribution in [2.24, 2.45) is 9.98 Å². The van der Waals surface area contributed by atoms with Gasteiger partial charge in [0.1, 0.15) is 11.6 Å². The minimum absolute atomic E-state index is 0.185. The average Bonchev–Trinajstić information content (AvgIpc) is 3.15. The van der Waals surface area contributed by atoms with Gasteiger partial charge in [0.25, 0.3) is 0 Å². The Kier molecular flexibility index (Phi) is 7.43. The first-order valence-corrected chi connectivity index (χ1v) is 12.2. The summed E-state index contributed by atoms with van der Waals surface area (Å²) in [4.78, 5) is 19.2. The molecule has 2 N–H and O–H groups in total. The van der Waals surface area contributed by atoms with E-state index < -0.39 is 10.2 Å². The number of hydrogen-bond donors (Lipinski definition) is 2. The van der Waals surface area contributed by atoms with Crippen molar-refractivity contribution in [1.29, 1.82) is 0 Å². The second-order valence-corrected chi connectivity index (χ2v) is 8.96. The first-order valence-electron chi connectivity index (χ1n) is 10.7. The van der Waals surface area contributed by atoms with Gasteiger partial charge in [0.2, 0.25) is 0 Å². The van der Waals surface area contributed by atoms with Crippen molar-refractivity contribution >= 4 is 27.7 Å². The first kappa shape index (κ1) is 23.3. The summed E-state index contributed by atoms with van der Waals surface area (Å²) in [5, 5.41) is 0. The number of anilines is 1. The van der Waals surface area contributed by atoms with Crippen molar-refractivity contribution in [2.75, 3.05) is 18.0 Å². The van der Waals surface area contributed by atoms with Gasteiger partial charge in [-0.2, -0.15) is 8.42 Å². The van der Waals surface area contributed by atoms with E-state index in [1.807, 2.05) is 30.3 Å². The van der Waals surface area contributed by atoms with E-state index in [1.54, 1.807) is 30.7 Å². The van der Waals surface area contributed by atoms with Crippen LogP contribution >= 0.6 is 0 Å². The number of nitrogens with zero attached hydrogens (tertiary/aromatic N) is 5. The van der Waals surface area contributed by atoms with Crippen LogP contribution in [0, 0.1) is 5.82 Å². The molecule has 34 heavy (non-hydrogen) atoms. The molecule has 1 fully saturated rings. The molecule has 4 rings (SSSR count). The maximum atomic E-state index is 13.3. The summed E-state index contributed by atoms with van der Waals surface area (Å²) in [5.74, 6) is 0.891. The summed E-state index contributed by atoms with van der Waals surface area (Å²) >= 11 is 0. The smallest absolute Gasteiger partial charge is 0.324 e. The Morgan fingerprint density at radius 2 is 1.62 bits per heavy atom. The zero-order valence-corrected chi connectivity index (χ0v) is 19.1. The topological polar surface area (TPSA) is 112 Å². The Labute approximate surface area is 197 Å². The lowest BCUT2D eigenvalue weighted by molar-refractivity contribution is 0.591. The van der Waals surface area contributed by atoms with Crippen LogP contribution in [0.4, 0.5) is 10.2 Å². The molecule has 0 aliphatic carbocycles. The number of pyridine rings is 2. The van der Waals surface area contributed by atoms with Gasteiger partial charge in [0, 0.05) is 38.2 Å². The molecule has 1 saturated heterocycles. The zero-order valence-electron chi connectivity index (χ0n) is 18.3. The fourth-order valence-electron chi connectivity index (χ4n) is 3.33. The molecule has 0 amide bonds. The van der Waals surface area contributed by atoms with Gasteiger partial charge < -0.3 is 4.90 Å². The van der Waals surface area contributed by atoms with Gasteiger partial charge in [0.15, 0.2) is 11.7 Å². The van der Waals surface area contributed by atoms with Crippen molar-refractivity contribution in [2.45, 2.75) is 19.5 Å². The van der Waals surface area contributed by atoms with Crippen molar-refractivity contribution in [3.05, 3.63) is 90.1 Å². The molecule has 2 aromatic heterocycles. The zero-order chi connectivity index (χ0) is 23.8. The summed E-state index contributed by atoms with van der Waals surface area (Å²) in [7, 11) is -3.71. The standard InChI is InChI=1S/C23H24FN7O2S/c24-20-7-5-19(6-8-20)17-31(21-4-1-2-11-26-21)15-3-12-27-22-23(30-34(32,33)29-22)28-16-18-9-13-25-14-10-18/h1-2,4-11,13-14H,3,12,15-17H2,(H,27,29)(H,28,30). The Morgan fingerprint density at radius 3 is 2.32 bits per heavy atom. The number of nitrogens with one attached hydrogen (secondary N) is 2. The molecule has 1 aliphatic rings. The molecule has 0 spiro atoms. The third-order valence-electron chi connectivity index (χ3n) is 4.97. The van der Waals surface area contributed by atoms with Crippen LogP contribution in [0.25, 0.3) is 0 Å². The van der Waals surface area contributed by atoms with E-state index in [0.29, 0.717) is 32.6 Å². The van der Waals surface area contributed by atoms with E-state index in [2.05, 4.69) is 34.3 Å². The molecule has 0 atom stereocenters. The lowest BCUT2D eigenvalue weighted by Gasteiger charge is -2.23. The maximum Gasteiger partial charge on any atom is 0.324 e. The van der Waals surface area contributed by atoms with Crippen molar-refractivity contribution in [3.8, 4) is 0 Å². The first-order chi connectivity index (χ1) is 16.5. The summed E-state index contributed by atoms with van der Waals surface area (Å²) in [6.45, 7) is 1.85. The van der Waals surface area contributed by atoms with Crippen LogP contribution in [-0.4, -0.2) is 43.1 Å². The fraction of sp³-hybridized carbons (Fsp3) is 0.217. The Balaban J connectivity index is 1.41. The lowest BCUT2D eigenvalue weighted by atomic mass is 10.2. The quantitative estimate of drug-likeness (QED) is 0.456.